The van der Waals surface area contributed by atoms with Gasteiger partial charge in [-0.3, -0.25) is 9.69 Å². The minimum absolute atomic E-state index is 0.0293. The first-order valence-electron chi connectivity index (χ1n) is 8.63. The van der Waals surface area contributed by atoms with Crippen LogP contribution >= 0.6 is 0 Å². The number of allylic oxidation sites excluding steroid dienone is 1. The average Bonchev–Trinajstić information content (AvgIpc) is 2.47. The van der Waals surface area contributed by atoms with Crippen molar-refractivity contribution in [3.63, 3.8) is 0 Å². The van der Waals surface area contributed by atoms with Gasteiger partial charge in [-0.1, -0.05) is 12.2 Å². The van der Waals surface area contributed by atoms with Crippen molar-refractivity contribution in [2.24, 2.45) is 11.8 Å². The van der Waals surface area contributed by atoms with Crippen molar-refractivity contribution in [3.05, 3.63) is 12.2 Å². The van der Waals surface area contributed by atoms with E-state index in [1.807, 2.05) is 13.8 Å². The highest BCUT2D eigenvalue weighted by molar-refractivity contribution is 5.72. The molecule has 2 rings (SSSR count). The van der Waals surface area contributed by atoms with Gasteiger partial charge in [0.05, 0.1) is 18.1 Å². The van der Waals surface area contributed by atoms with Crippen molar-refractivity contribution >= 4 is 5.97 Å². The number of hydrogen-bond acceptors (Lipinski definition) is 4. The summed E-state index contributed by atoms with van der Waals surface area (Å²) in [5.41, 5.74) is 0.588. The summed E-state index contributed by atoms with van der Waals surface area (Å²) in [6.45, 7) is 12.2. The number of carbonyl (C=O) groups excluding carboxylic acids is 1. The SMILES string of the molecule is C=C(C)[C@@H]1CC[C@](C)(O)[C@@H](N2CCC(C(=O)OCC)CC2)C1. The van der Waals surface area contributed by atoms with E-state index >= 15 is 0 Å². The molecule has 4 nitrogen and oxygen atoms in total. The Labute approximate surface area is 134 Å². The second-order valence-corrected chi connectivity index (χ2v) is 7.25. The zero-order valence-corrected chi connectivity index (χ0v) is 14.3. The van der Waals surface area contributed by atoms with Gasteiger partial charge in [-0.15, -0.1) is 0 Å². The molecule has 0 unspecified atom stereocenters. The minimum atomic E-state index is -0.636. The predicted molar refractivity (Wildman–Crippen MR) is 87.5 cm³/mol. The van der Waals surface area contributed by atoms with E-state index < -0.39 is 5.60 Å². The van der Waals surface area contributed by atoms with Gasteiger partial charge in [-0.25, -0.2) is 0 Å². The fourth-order valence-corrected chi connectivity index (χ4v) is 3.97. The van der Waals surface area contributed by atoms with E-state index in [0.29, 0.717) is 12.5 Å². The van der Waals surface area contributed by atoms with Crippen LogP contribution in [0.15, 0.2) is 12.2 Å². The van der Waals surface area contributed by atoms with Crippen LogP contribution in [0.1, 0.15) is 52.9 Å². The van der Waals surface area contributed by atoms with Crippen molar-refractivity contribution < 1.29 is 14.6 Å². The average molecular weight is 309 g/mol. The molecule has 1 aliphatic carbocycles. The van der Waals surface area contributed by atoms with Crippen LogP contribution in [0.3, 0.4) is 0 Å². The topological polar surface area (TPSA) is 49.8 Å². The number of nitrogens with zero attached hydrogens (tertiary/aromatic N) is 1. The van der Waals surface area contributed by atoms with E-state index in [4.69, 9.17) is 4.74 Å². The van der Waals surface area contributed by atoms with Crippen molar-refractivity contribution in [1.29, 1.82) is 0 Å². The standard InChI is InChI=1S/C18H31NO3/c1-5-22-17(20)14-7-10-19(11-8-14)16-12-15(13(2)3)6-9-18(16,4)21/h14-16,21H,2,5-12H2,1,3-4H3/t15-,16+,18+/m1/s1. The lowest BCUT2D eigenvalue weighted by atomic mass is 9.72. The number of likely N-dealkylation sites (tertiary alicyclic amines) is 1. The zero-order valence-electron chi connectivity index (χ0n) is 14.3. The number of esters is 1. The molecule has 0 spiro atoms. The molecule has 0 bridgehead atoms. The van der Waals surface area contributed by atoms with Crippen LogP contribution in [-0.4, -0.2) is 47.3 Å². The maximum Gasteiger partial charge on any atom is 0.309 e. The quantitative estimate of drug-likeness (QED) is 0.641. The van der Waals surface area contributed by atoms with Crippen LogP contribution < -0.4 is 0 Å². The molecule has 0 aromatic heterocycles. The maximum atomic E-state index is 11.8. The summed E-state index contributed by atoms with van der Waals surface area (Å²) in [4.78, 5) is 14.2. The molecule has 1 saturated heterocycles. The van der Waals surface area contributed by atoms with Crippen molar-refractivity contribution in [2.75, 3.05) is 19.7 Å². The van der Waals surface area contributed by atoms with Crippen LogP contribution in [0.5, 0.6) is 0 Å². The Balaban J connectivity index is 1.96. The normalized spacial score (nSPS) is 34.4. The molecular weight excluding hydrogens is 278 g/mol. The summed E-state index contributed by atoms with van der Waals surface area (Å²) in [5.74, 6) is 0.479. The molecule has 22 heavy (non-hydrogen) atoms. The molecule has 4 heteroatoms. The Kier molecular flexibility index (Phi) is 5.67. The summed E-state index contributed by atoms with van der Waals surface area (Å²) < 4.78 is 5.13. The smallest absolute Gasteiger partial charge is 0.309 e. The van der Waals surface area contributed by atoms with Gasteiger partial charge in [0.1, 0.15) is 0 Å². The van der Waals surface area contributed by atoms with Crippen LogP contribution in [0, 0.1) is 11.8 Å². The van der Waals surface area contributed by atoms with Gasteiger partial charge in [0.25, 0.3) is 0 Å². The van der Waals surface area contributed by atoms with E-state index in [9.17, 15) is 9.90 Å². The van der Waals surface area contributed by atoms with Gasteiger partial charge < -0.3 is 9.84 Å². The summed E-state index contributed by atoms with van der Waals surface area (Å²) in [7, 11) is 0. The van der Waals surface area contributed by atoms with E-state index in [2.05, 4.69) is 18.4 Å². The molecule has 1 aliphatic heterocycles. The lowest BCUT2D eigenvalue weighted by Gasteiger charge is -2.48. The number of hydrogen-bond donors (Lipinski definition) is 1. The minimum Gasteiger partial charge on any atom is -0.466 e. The summed E-state index contributed by atoms with van der Waals surface area (Å²) >= 11 is 0. The van der Waals surface area contributed by atoms with Gasteiger partial charge in [0.15, 0.2) is 0 Å². The van der Waals surface area contributed by atoms with Gasteiger partial charge in [-0.05, 0) is 71.9 Å². The first-order valence-corrected chi connectivity index (χ1v) is 8.63. The Morgan fingerprint density at radius 3 is 2.50 bits per heavy atom. The Bertz CT molecular complexity index is 411. The van der Waals surface area contributed by atoms with Crippen LogP contribution in [-0.2, 0) is 9.53 Å². The van der Waals surface area contributed by atoms with Crippen molar-refractivity contribution in [1.82, 2.24) is 4.90 Å². The molecule has 1 saturated carbocycles. The highest BCUT2D eigenvalue weighted by Crippen LogP contribution is 2.39. The lowest BCUT2D eigenvalue weighted by Crippen LogP contribution is -2.56. The van der Waals surface area contributed by atoms with Crippen molar-refractivity contribution in [2.45, 2.75) is 64.5 Å². The zero-order chi connectivity index (χ0) is 16.3. The highest BCUT2D eigenvalue weighted by atomic mass is 16.5. The number of piperidine rings is 1. The fraction of sp³-hybridized carbons (Fsp3) is 0.833. The first kappa shape index (κ1) is 17.5. The first-order chi connectivity index (χ1) is 10.3. The number of ether oxygens (including phenoxy) is 1. The van der Waals surface area contributed by atoms with Crippen LogP contribution in [0.2, 0.25) is 0 Å². The molecule has 0 aromatic carbocycles. The largest absolute Gasteiger partial charge is 0.466 e. The summed E-state index contributed by atoms with van der Waals surface area (Å²) in [6.07, 6.45) is 4.50. The van der Waals surface area contributed by atoms with Crippen LogP contribution in [0.25, 0.3) is 0 Å². The molecule has 3 atom stereocenters. The van der Waals surface area contributed by atoms with E-state index in [0.717, 1.165) is 45.2 Å². The predicted octanol–water partition coefficient (Wildman–Crippen LogP) is 2.76. The molecule has 0 amide bonds. The molecule has 1 heterocycles. The fourth-order valence-electron chi connectivity index (χ4n) is 3.97. The van der Waals surface area contributed by atoms with Gasteiger partial charge in [-0.2, -0.15) is 0 Å². The molecule has 126 valence electrons. The number of aliphatic hydroxyl groups is 1. The second-order valence-electron chi connectivity index (χ2n) is 7.25. The lowest BCUT2D eigenvalue weighted by molar-refractivity contribution is -0.150. The molecule has 2 fully saturated rings. The van der Waals surface area contributed by atoms with E-state index in [1.165, 1.54) is 5.57 Å². The van der Waals surface area contributed by atoms with E-state index in [1.54, 1.807) is 0 Å². The summed E-state index contributed by atoms with van der Waals surface area (Å²) in [6, 6.07) is 0.172. The van der Waals surface area contributed by atoms with Gasteiger partial charge in [0, 0.05) is 6.04 Å². The summed E-state index contributed by atoms with van der Waals surface area (Å²) in [5, 5.41) is 10.8. The Morgan fingerprint density at radius 2 is 1.95 bits per heavy atom. The molecule has 0 radical (unpaired) electrons. The van der Waals surface area contributed by atoms with Gasteiger partial charge >= 0.3 is 5.97 Å². The number of carbonyl (C=O) groups is 1. The Hall–Kier alpha value is -0.870. The molecule has 0 aromatic rings. The third-order valence-corrected chi connectivity index (χ3v) is 5.51. The number of rotatable bonds is 4. The third kappa shape index (κ3) is 3.90. The van der Waals surface area contributed by atoms with Gasteiger partial charge in [0.2, 0.25) is 0 Å². The van der Waals surface area contributed by atoms with E-state index in [-0.39, 0.29) is 17.9 Å². The highest BCUT2D eigenvalue weighted by Gasteiger charge is 2.43. The third-order valence-electron chi connectivity index (χ3n) is 5.51. The maximum absolute atomic E-state index is 11.8. The Morgan fingerprint density at radius 1 is 1.32 bits per heavy atom. The monoisotopic (exact) mass is 309 g/mol. The van der Waals surface area contributed by atoms with Crippen LogP contribution in [0.4, 0.5) is 0 Å². The molecule has 2 aliphatic rings. The van der Waals surface area contributed by atoms with Crippen molar-refractivity contribution in [3.8, 4) is 0 Å². The second kappa shape index (κ2) is 7.14. The molecular formula is C18H31NO3. The molecule has 1 N–H and O–H groups in total.